The van der Waals surface area contributed by atoms with Crippen LogP contribution in [-0.4, -0.2) is 30.7 Å². The molecule has 7 heteroatoms. The zero-order chi connectivity index (χ0) is 21.8. The van der Waals surface area contributed by atoms with Crippen LogP contribution in [-0.2, 0) is 11.2 Å². The Kier molecular flexibility index (Phi) is 5.36. The lowest BCUT2D eigenvalue weighted by atomic mass is 10.1. The number of aryl methyl sites for hydroxylation is 1. The predicted octanol–water partition coefficient (Wildman–Crippen LogP) is 4.42. The van der Waals surface area contributed by atoms with E-state index in [0.29, 0.717) is 24.3 Å². The number of carbonyl (C=O) groups excluding carboxylic acids is 1. The fraction of sp³-hybridized carbons (Fsp3) is 0.0800. The molecule has 3 heterocycles. The molecule has 5 aromatic rings. The number of rotatable bonds is 6. The molecule has 1 amide bonds. The topological polar surface area (TPSA) is 85.1 Å². The Bertz CT molecular complexity index is 1370. The Hall–Kier alpha value is -4.39. The van der Waals surface area contributed by atoms with E-state index in [1.165, 1.54) is 0 Å². The van der Waals surface area contributed by atoms with Crippen molar-refractivity contribution < 1.29 is 4.79 Å². The van der Waals surface area contributed by atoms with Gasteiger partial charge >= 0.3 is 0 Å². The number of benzene rings is 2. The molecule has 0 saturated heterocycles. The van der Waals surface area contributed by atoms with Gasteiger partial charge in [-0.15, -0.1) is 10.2 Å². The van der Waals surface area contributed by atoms with Gasteiger partial charge in [-0.1, -0.05) is 42.5 Å². The molecule has 2 aromatic carbocycles. The number of pyridine rings is 1. The zero-order valence-electron chi connectivity index (χ0n) is 17.2. The molecule has 5 rings (SSSR count). The molecule has 0 spiro atoms. The summed E-state index contributed by atoms with van der Waals surface area (Å²) in [5.74, 6) is 0.628. The molecule has 0 aliphatic heterocycles. The van der Waals surface area contributed by atoms with Gasteiger partial charge in [0.05, 0.1) is 5.69 Å². The number of hydrogen-bond donors (Lipinski definition) is 1. The fourth-order valence-electron chi connectivity index (χ4n) is 3.51. The number of anilines is 1. The number of hydrogen-bond acceptors (Lipinski definition) is 5. The van der Waals surface area contributed by atoms with Crippen LogP contribution in [0.25, 0.3) is 28.3 Å². The first-order valence-electron chi connectivity index (χ1n) is 10.3. The highest BCUT2D eigenvalue weighted by molar-refractivity contribution is 5.91. The lowest BCUT2D eigenvalue weighted by Crippen LogP contribution is -2.12. The molecule has 0 fully saturated rings. The summed E-state index contributed by atoms with van der Waals surface area (Å²) in [6.45, 7) is 0. The summed E-state index contributed by atoms with van der Waals surface area (Å²) >= 11 is 0. The summed E-state index contributed by atoms with van der Waals surface area (Å²) in [7, 11) is 0. The molecule has 7 nitrogen and oxygen atoms in total. The summed E-state index contributed by atoms with van der Waals surface area (Å²) in [5.41, 5.74) is 5.08. The second-order valence-electron chi connectivity index (χ2n) is 7.36. The first kappa shape index (κ1) is 19.6. The summed E-state index contributed by atoms with van der Waals surface area (Å²) in [5, 5.41) is 16.2. The maximum Gasteiger partial charge on any atom is 0.224 e. The number of nitrogens with one attached hydrogen (secondary N) is 1. The first-order valence-corrected chi connectivity index (χ1v) is 10.3. The van der Waals surface area contributed by atoms with Crippen molar-refractivity contribution in [3.05, 3.63) is 96.8 Å². The van der Waals surface area contributed by atoms with Crippen LogP contribution in [0.15, 0.2) is 91.3 Å². The Morgan fingerprint density at radius 1 is 0.844 bits per heavy atom. The lowest BCUT2D eigenvalue weighted by Gasteiger charge is -2.08. The van der Waals surface area contributed by atoms with Crippen molar-refractivity contribution >= 4 is 17.2 Å². The summed E-state index contributed by atoms with van der Waals surface area (Å²) in [6, 6.07) is 25.2. The molecular weight excluding hydrogens is 400 g/mol. The highest BCUT2D eigenvalue weighted by Gasteiger charge is 2.11. The largest absolute Gasteiger partial charge is 0.326 e. The van der Waals surface area contributed by atoms with Crippen LogP contribution in [0.2, 0.25) is 0 Å². The molecule has 32 heavy (non-hydrogen) atoms. The van der Waals surface area contributed by atoms with Gasteiger partial charge in [0.2, 0.25) is 5.91 Å². The van der Waals surface area contributed by atoms with Gasteiger partial charge in [-0.25, -0.2) is 0 Å². The van der Waals surface area contributed by atoms with Crippen LogP contribution in [0, 0.1) is 0 Å². The summed E-state index contributed by atoms with van der Waals surface area (Å²) < 4.78 is 1.72. The smallest absolute Gasteiger partial charge is 0.224 e. The fourth-order valence-corrected chi connectivity index (χ4v) is 3.51. The number of amides is 1. The Labute approximate surface area is 184 Å². The lowest BCUT2D eigenvalue weighted by molar-refractivity contribution is -0.116. The molecular formula is C25H20N6O. The van der Waals surface area contributed by atoms with Crippen LogP contribution in [0.4, 0.5) is 5.69 Å². The third kappa shape index (κ3) is 4.22. The highest BCUT2D eigenvalue weighted by atomic mass is 16.1. The van der Waals surface area contributed by atoms with Crippen LogP contribution >= 0.6 is 0 Å². The third-order valence-electron chi connectivity index (χ3n) is 5.13. The molecule has 0 radical (unpaired) electrons. The van der Waals surface area contributed by atoms with Crippen LogP contribution in [0.1, 0.15) is 12.0 Å². The van der Waals surface area contributed by atoms with Crippen molar-refractivity contribution in [3.63, 3.8) is 0 Å². The maximum absolute atomic E-state index is 12.4. The molecule has 0 saturated carbocycles. The van der Waals surface area contributed by atoms with E-state index in [-0.39, 0.29) is 5.91 Å². The van der Waals surface area contributed by atoms with E-state index in [4.69, 9.17) is 5.10 Å². The Balaban J connectivity index is 1.36. The normalized spacial score (nSPS) is 10.9. The molecule has 1 N–H and O–H groups in total. The van der Waals surface area contributed by atoms with E-state index in [9.17, 15) is 4.79 Å². The molecule has 0 unspecified atom stereocenters. The summed E-state index contributed by atoms with van der Waals surface area (Å²) in [4.78, 5) is 16.5. The SMILES string of the molecule is O=C(CCc1ccccc1)Nc1cccc(-c2ccc3nnc(-c4ccncc4)n3n2)c1. The molecule has 0 aliphatic carbocycles. The zero-order valence-corrected chi connectivity index (χ0v) is 17.2. The van der Waals surface area contributed by atoms with Gasteiger partial charge in [-0.2, -0.15) is 9.61 Å². The molecule has 3 aromatic heterocycles. The predicted molar refractivity (Wildman–Crippen MR) is 123 cm³/mol. The van der Waals surface area contributed by atoms with Gasteiger partial charge in [0.15, 0.2) is 11.5 Å². The minimum Gasteiger partial charge on any atom is -0.326 e. The van der Waals surface area contributed by atoms with Crippen LogP contribution in [0.5, 0.6) is 0 Å². The van der Waals surface area contributed by atoms with E-state index in [1.807, 2.05) is 78.9 Å². The van der Waals surface area contributed by atoms with Gasteiger partial charge in [0, 0.05) is 35.6 Å². The van der Waals surface area contributed by atoms with Gasteiger partial charge in [0.1, 0.15) is 0 Å². The maximum atomic E-state index is 12.4. The average Bonchev–Trinajstić information content (AvgIpc) is 3.27. The second kappa shape index (κ2) is 8.77. The van der Waals surface area contributed by atoms with Crippen molar-refractivity contribution in [1.29, 1.82) is 0 Å². The number of carbonyl (C=O) groups is 1. The Morgan fingerprint density at radius 3 is 2.53 bits per heavy atom. The standard InChI is InChI=1S/C25H20N6O/c32-24(12-9-18-5-2-1-3-6-18)27-21-8-4-7-20(17-21)22-10-11-23-28-29-25(31(23)30-22)19-13-15-26-16-14-19/h1-8,10-11,13-17H,9,12H2,(H,27,32). The van der Waals surface area contributed by atoms with Gasteiger partial charge in [-0.3, -0.25) is 9.78 Å². The van der Waals surface area contributed by atoms with Crippen molar-refractivity contribution in [1.82, 2.24) is 24.8 Å². The quantitative estimate of drug-likeness (QED) is 0.439. The van der Waals surface area contributed by atoms with E-state index >= 15 is 0 Å². The van der Waals surface area contributed by atoms with Crippen LogP contribution < -0.4 is 5.32 Å². The Morgan fingerprint density at radius 2 is 1.69 bits per heavy atom. The van der Waals surface area contributed by atoms with Crippen molar-refractivity contribution in [2.45, 2.75) is 12.8 Å². The second-order valence-corrected chi connectivity index (χ2v) is 7.36. The number of nitrogens with zero attached hydrogens (tertiary/aromatic N) is 5. The van der Waals surface area contributed by atoms with E-state index in [2.05, 4.69) is 20.5 Å². The number of fused-ring (bicyclic) bond motifs is 1. The minimum absolute atomic E-state index is 0.0202. The molecule has 0 aliphatic rings. The van der Waals surface area contributed by atoms with E-state index < -0.39 is 0 Å². The average molecular weight is 420 g/mol. The van der Waals surface area contributed by atoms with Gasteiger partial charge in [-0.05, 0) is 48.4 Å². The number of aromatic nitrogens is 5. The third-order valence-corrected chi connectivity index (χ3v) is 5.13. The van der Waals surface area contributed by atoms with Crippen LogP contribution in [0.3, 0.4) is 0 Å². The monoisotopic (exact) mass is 420 g/mol. The first-order chi connectivity index (χ1) is 15.8. The van der Waals surface area contributed by atoms with E-state index in [1.54, 1.807) is 16.9 Å². The molecule has 156 valence electrons. The molecule has 0 atom stereocenters. The summed E-state index contributed by atoms with van der Waals surface area (Å²) in [6.07, 6.45) is 4.55. The minimum atomic E-state index is -0.0202. The highest BCUT2D eigenvalue weighted by Crippen LogP contribution is 2.23. The van der Waals surface area contributed by atoms with Crippen molar-refractivity contribution in [2.75, 3.05) is 5.32 Å². The molecule has 0 bridgehead atoms. The van der Waals surface area contributed by atoms with Gasteiger partial charge < -0.3 is 5.32 Å². The van der Waals surface area contributed by atoms with Gasteiger partial charge in [0.25, 0.3) is 0 Å². The van der Waals surface area contributed by atoms with Crippen molar-refractivity contribution in [3.8, 4) is 22.6 Å². The van der Waals surface area contributed by atoms with Crippen molar-refractivity contribution in [2.24, 2.45) is 0 Å². The van der Waals surface area contributed by atoms with E-state index in [0.717, 1.165) is 28.1 Å².